The van der Waals surface area contributed by atoms with Crippen LogP contribution in [0.1, 0.15) is 68.0 Å². The number of amides is 3. The van der Waals surface area contributed by atoms with Crippen LogP contribution < -0.4 is 24.3 Å². The van der Waals surface area contributed by atoms with Crippen molar-refractivity contribution in [2.24, 2.45) is 5.73 Å². The molecule has 2 aromatic carbocycles. The molecule has 380 valence electrons. The quantitative estimate of drug-likeness (QED) is 0.114. The molecule has 2 aliphatic rings. The number of nitrogens with two attached hydrogens (primary N) is 1. The Labute approximate surface area is 432 Å². The van der Waals surface area contributed by atoms with Crippen molar-refractivity contribution in [3.05, 3.63) is 93.6 Å². The standard InChI is InChI=1S/C21H23F6N5O3.C16H15F6N5O.I3.I2/c1-20(2,3)35-19(34)28-12(6-11-7-14(23)15(24)9-13(11)22)8-17(33)31-4-5-32-16(10-31)29-30-18(32)21(25,26)27;17-10-6-12(19)11(18)4-8(10)3-9(23)5-14(28)26-1-2-27-13(7-26)24-25-15(27)16(20,21)22;1-3-2;1-2/h7,9,12H,4-6,8,10H2,1-3H3,(H,28,34);4,6,9H,1-3,5,7,23H2;;/q;;-1;/t12-;9-;;/m11../s1. The summed E-state index contributed by atoms with van der Waals surface area (Å²) in [7, 11) is 0. The van der Waals surface area contributed by atoms with Gasteiger partial charge in [0.25, 0.3) is 0 Å². The van der Waals surface area contributed by atoms with E-state index in [1.165, 1.54) is 9.80 Å². The van der Waals surface area contributed by atoms with Crippen molar-refractivity contribution >= 4 is 92.4 Å². The van der Waals surface area contributed by atoms with Crippen molar-refractivity contribution in [3.8, 4) is 0 Å². The molecule has 3 amide bonds. The van der Waals surface area contributed by atoms with Crippen LogP contribution >= 0.6 is 74.5 Å². The number of fused-ring (bicyclic) bond motifs is 2. The van der Waals surface area contributed by atoms with Crippen LogP contribution in [0.25, 0.3) is 0 Å². The molecule has 0 unspecified atom stereocenters. The molecule has 0 saturated carbocycles. The third-order valence-electron chi connectivity index (χ3n) is 9.42. The molecule has 0 aliphatic carbocycles. The van der Waals surface area contributed by atoms with E-state index in [2.05, 4.69) is 100 Å². The fourth-order valence-electron chi connectivity index (χ4n) is 6.56. The number of ether oxygens (including phenoxy) is 1. The maximum absolute atomic E-state index is 14.2. The van der Waals surface area contributed by atoms with E-state index in [9.17, 15) is 67.1 Å². The van der Waals surface area contributed by atoms with E-state index in [4.69, 9.17) is 10.5 Å². The number of benzene rings is 2. The molecule has 4 aromatic rings. The second kappa shape index (κ2) is 26.4. The van der Waals surface area contributed by atoms with E-state index in [-0.39, 0.29) is 81.3 Å². The maximum Gasteiger partial charge on any atom is 0.451 e. The Hall–Kier alpha value is -2.30. The third kappa shape index (κ3) is 17.8. The van der Waals surface area contributed by atoms with Gasteiger partial charge in [0.2, 0.25) is 23.5 Å². The average molecular weight is 1550 g/mol. The largest absolute Gasteiger partial charge is 0.451 e. The van der Waals surface area contributed by atoms with Crippen molar-refractivity contribution in [2.45, 2.75) is 103 Å². The molecule has 3 N–H and O–H groups in total. The van der Waals surface area contributed by atoms with Gasteiger partial charge in [0.15, 0.2) is 34.9 Å². The first kappa shape index (κ1) is 60.0. The first-order chi connectivity index (χ1) is 31.6. The molecule has 14 nitrogen and oxygen atoms in total. The van der Waals surface area contributed by atoms with Gasteiger partial charge >= 0.3 is 68.9 Å². The number of alkyl halides is 6. The monoisotopic (exact) mass is 1550 g/mol. The number of nitrogens with one attached hydrogen (secondary N) is 1. The zero-order valence-electron chi connectivity index (χ0n) is 35.2. The van der Waals surface area contributed by atoms with Crippen LogP contribution in [-0.4, -0.2) is 88.0 Å². The van der Waals surface area contributed by atoms with Crippen molar-refractivity contribution in [3.63, 3.8) is 0 Å². The van der Waals surface area contributed by atoms with Crippen molar-refractivity contribution < 1.29 is 85.1 Å². The molecular formula is C37H38F12I5N10O4-. The first-order valence-corrected chi connectivity index (χ1v) is 38.0. The summed E-state index contributed by atoms with van der Waals surface area (Å²) >= 11 is 9.54. The number of rotatable bonds is 9. The molecule has 0 bridgehead atoms. The number of alkyl carbamates (subject to hydrolysis) is 1. The topological polar surface area (TPSA) is 166 Å². The van der Waals surface area contributed by atoms with Gasteiger partial charge in [-0.05, 0) is 56.9 Å². The fourth-order valence-corrected chi connectivity index (χ4v) is 6.56. The predicted octanol–water partition coefficient (Wildman–Crippen LogP) is 6.15. The van der Waals surface area contributed by atoms with Gasteiger partial charge in [0.05, 0.1) is 13.1 Å². The van der Waals surface area contributed by atoms with Gasteiger partial charge in [-0.25, -0.2) is 31.1 Å². The summed E-state index contributed by atoms with van der Waals surface area (Å²) in [6.07, 6.45) is -11.5. The normalized spacial score (nSPS) is 14.5. The van der Waals surface area contributed by atoms with Gasteiger partial charge in [-0.3, -0.25) is 9.59 Å². The van der Waals surface area contributed by atoms with Gasteiger partial charge < -0.3 is 34.7 Å². The van der Waals surface area contributed by atoms with Gasteiger partial charge in [0.1, 0.15) is 17.2 Å². The third-order valence-corrected chi connectivity index (χ3v) is 9.42. The Bertz CT molecular complexity index is 2370. The van der Waals surface area contributed by atoms with E-state index >= 15 is 0 Å². The number of hydrogen-bond acceptors (Lipinski definition) is 9. The second-order valence-electron chi connectivity index (χ2n) is 15.5. The van der Waals surface area contributed by atoms with Crippen LogP contribution in [0.2, 0.25) is 0 Å². The summed E-state index contributed by atoms with van der Waals surface area (Å²) in [6, 6.07) is 0.0687. The molecule has 0 saturated heterocycles. The fraction of sp³-hybridized carbons (Fsp3) is 0.486. The minimum Gasteiger partial charge on any atom is -0.333 e. The van der Waals surface area contributed by atoms with Crippen molar-refractivity contribution in [1.29, 1.82) is 0 Å². The van der Waals surface area contributed by atoms with Crippen LogP contribution in [0.3, 0.4) is 0 Å². The van der Waals surface area contributed by atoms with Crippen molar-refractivity contribution in [1.82, 2.24) is 44.6 Å². The second-order valence-corrected chi connectivity index (χ2v) is 31.7. The van der Waals surface area contributed by atoms with Crippen LogP contribution in [0.15, 0.2) is 24.3 Å². The SMILES string of the molecule is CC(C)(C)OC(=O)N[C@@H](CC(=O)N1CCn2c(nnc2C(F)(F)F)C1)Cc1cc(F)c(F)cc1F.II.I[I-]I.N[C@@H](CC(=O)N1CCn2c(nnc2C(F)(F)F)C1)Cc1cc(F)c(F)cc1F. The molecule has 2 atom stereocenters. The number of hydrogen-bond donors (Lipinski definition) is 2. The Morgan fingerprint density at radius 2 is 1.04 bits per heavy atom. The van der Waals surface area contributed by atoms with Crippen LogP contribution in [0.4, 0.5) is 57.5 Å². The van der Waals surface area contributed by atoms with Crippen LogP contribution in [0, 0.1) is 34.9 Å². The van der Waals surface area contributed by atoms with E-state index < -0.39 is 101 Å². The van der Waals surface area contributed by atoms with Gasteiger partial charge in [-0.1, -0.05) is 0 Å². The molecular weight excluding hydrogens is 1510 g/mol. The summed E-state index contributed by atoms with van der Waals surface area (Å²) in [6.45, 7) is 3.93. The first-order valence-electron chi connectivity index (χ1n) is 19.2. The summed E-state index contributed by atoms with van der Waals surface area (Å²) in [4.78, 5) is 40.0. The molecule has 68 heavy (non-hydrogen) atoms. The number of aromatic nitrogens is 6. The number of carbonyl (C=O) groups excluding carboxylic acids is 3. The number of halogens is 17. The molecule has 4 heterocycles. The molecule has 0 spiro atoms. The zero-order chi connectivity index (χ0) is 51.5. The van der Waals surface area contributed by atoms with Gasteiger partial charge in [-0.2, -0.15) is 26.3 Å². The van der Waals surface area contributed by atoms with E-state index in [0.717, 1.165) is 9.13 Å². The molecule has 2 aliphatic heterocycles. The smallest absolute Gasteiger partial charge is 0.333 e. The van der Waals surface area contributed by atoms with Gasteiger partial charge in [-0.15, -0.1) is 20.4 Å². The summed E-state index contributed by atoms with van der Waals surface area (Å²) in [5.74, 6) is -10.7. The summed E-state index contributed by atoms with van der Waals surface area (Å²) in [5.41, 5.74) is 4.46. The minimum absolute atomic E-state index is 0.000783. The zero-order valence-corrected chi connectivity index (χ0v) is 46.0. The minimum atomic E-state index is -4.70. The molecule has 2 aromatic heterocycles. The number of carbonyl (C=O) groups is 3. The molecule has 0 fully saturated rings. The Kier molecular flexibility index (Phi) is 23.3. The van der Waals surface area contributed by atoms with E-state index in [1.54, 1.807) is 20.8 Å². The average Bonchev–Trinajstić information content (AvgIpc) is 3.87. The number of nitrogens with zero attached hydrogens (tertiary/aromatic N) is 8. The molecule has 31 heteroatoms. The molecule has 0 radical (unpaired) electrons. The van der Waals surface area contributed by atoms with E-state index in [1.807, 2.05) is 0 Å². The van der Waals surface area contributed by atoms with Crippen LogP contribution in [0.5, 0.6) is 0 Å². The van der Waals surface area contributed by atoms with Gasteiger partial charge in [0, 0.05) is 100 Å². The molecule has 6 rings (SSSR count). The summed E-state index contributed by atoms with van der Waals surface area (Å²) < 4.78 is 166. The van der Waals surface area contributed by atoms with E-state index in [0.29, 0.717) is 37.5 Å². The van der Waals surface area contributed by atoms with Crippen LogP contribution in [-0.2, 0) is 65.7 Å². The predicted molar refractivity (Wildman–Crippen MR) is 247 cm³/mol. The Balaban J connectivity index is 0.000000335. The summed E-state index contributed by atoms with van der Waals surface area (Å²) in [5, 5.41) is 15.7. The maximum atomic E-state index is 14.2. The Morgan fingerprint density at radius 3 is 1.44 bits per heavy atom. The Morgan fingerprint density at radius 1 is 0.662 bits per heavy atom. The van der Waals surface area contributed by atoms with Crippen molar-refractivity contribution in [2.75, 3.05) is 13.1 Å².